The molecule has 0 bridgehead atoms. The van der Waals surface area contributed by atoms with E-state index in [2.05, 4.69) is 17.2 Å². The van der Waals surface area contributed by atoms with Crippen LogP contribution in [-0.4, -0.2) is 29.8 Å². The minimum atomic E-state index is -1.01. The standard InChI is InChI=1S/C8H14N2O4/c1-5(11)10-7(3)14-6(2)9-4-8(12)13/h7,9H,2,4H2,1,3H3,(H,10,11)(H,12,13). The second-order valence-corrected chi connectivity index (χ2v) is 2.63. The first-order valence-corrected chi connectivity index (χ1v) is 4.00. The van der Waals surface area contributed by atoms with Crippen LogP contribution in [0, 0.1) is 0 Å². The first-order chi connectivity index (χ1) is 6.41. The van der Waals surface area contributed by atoms with Crippen LogP contribution >= 0.6 is 0 Å². The number of carboxylic acids is 1. The second-order valence-electron chi connectivity index (χ2n) is 2.63. The van der Waals surface area contributed by atoms with Crippen molar-refractivity contribution in [2.75, 3.05) is 6.54 Å². The Morgan fingerprint density at radius 2 is 2.14 bits per heavy atom. The molecule has 1 atom stereocenters. The average molecular weight is 202 g/mol. The molecule has 6 heteroatoms. The largest absolute Gasteiger partial charge is 0.480 e. The first kappa shape index (κ1) is 12.3. The Labute approximate surface area is 81.9 Å². The molecule has 0 aliphatic rings. The van der Waals surface area contributed by atoms with Crippen molar-refractivity contribution in [1.29, 1.82) is 0 Å². The lowest BCUT2D eigenvalue weighted by Crippen LogP contribution is -2.35. The fourth-order valence-corrected chi connectivity index (χ4v) is 0.745. The van der Waals surface area contributed by atoms with Gasteiger partial charge in [-0.3, -0.25) is 9.59 Å². The van der Waals surface area contributed by atoms with Gasteiger partial charge in [0.1, 0.15) is 6.54 Å². The summed E-state index contributed by atoms with van der Waals surface area (Å²) in [5.74, 6) is -1.14. The zero-order valence-corrected chi connectivity index (χ0v) is 8.16. The number of hydrogen-bond donors (Lipinski definition) is 3. The van der Waals surface area contributed by atoms with Gasteiger partial charge in [0.2, 0.25) is 5.91 Å². The van der Waals surface area contributed by atoms with Crippen molar-refractivity contribution in [3.8, 4) is 0 Å². The Morgan fingerprint density at radius 3 is 2.57 bits per heavy atom. The van der Waals surface area contributed by atoms with Gasteiger partial charge >= 0.3 is 5.97 Å². The van der Waals surface area contributed by atoms with Crippen molar-refractivity contribution in [1.82, 2.24) is 10.6 Å². The molecule has 0 aromatic heterocycles. The second kappa shape index (κ2) is 5.85. The van der Waals surface area contributed by atoms with Gasteiger partial charge in [0.15, 0.2) is 12.1 Å². The summed E-state index contributed by atoms with van der Waals surface area (Å²) < 4.78 is 5.01. The molecule has 0 fully saturated rings. The Kier molecular flexibility index (Phi) is 5.13. The van der Waals surface area contributed by atoms with Crippen LogP contribution in [0.3, 0.4) is 0 Å². The maximum absolute atomic E-state index is 10.6. The zero-order chi connectivity index (χ0) is 11.1. The monoisotopic (exact) mass is 202 g/mol. The van der Waals surface area contributed by atoms with Crippen molar-refractivity contribution in [3.63, 3.8) is 0 Å². The van der Waals surface area contributed by atoms with Crippen LogP contribution in [0.1, 0.15) is 13.8 Å². The highest BCUT2D eigenvalue weighted by atomic mass is 16.5. The van der Waals surface area contributed by atoms with Gasteiger partial charge in [0.25, 0.3) is 0 Å². The maximum Gasteiger partial charge on any atom is 0.322 e. The van der Waals surface area contributed by atoms with Crippen LogP contribution in [-0.2, 0) is 14.3 Å². The Balaban J connectivity index is 3.71. The fraction of sp³-hybridized carbons (Fsp3) is 0.500. The molecule has 0 aromatic carbocycles. The predicted octanol–water partition coefficient (Wildman–Crippen LogP) is -0.370. The maximum atomic E-state index is 10.6. The van der Waals surface area contributed by atoms with Gasteiger partial charge in [-0.25, -0.2) is 0 Å². The number of rotatable bonds is 6. The van der Waals surface area contributed by atoms with E-state index in [9.17, 15) is 9.59 Å². The highest BCUT2D eigenvalue weighted by Crippen LogP contribution is 1.93. The van der Waals surface area contributed by atoms with Crippen LogP contribution < -0.4 is 10.6 Å². The van der Waals surface area contributed by atoms with Gasteiger partial charge in [0, 0.05) is 6.92 Å². The molecule has 0 rings (SSSR count). The SMILES string of the molecule is C=C(NCC(=O)O)OC(C)NC(C)=O. The molecule has 0 aliphatic carbocycles. The lowest BCUT2D eigenvalue weighted by molar-refractivity contribution is -0.136. The van der Waals surface area contributed by atoms with Crippen molar-refractivity contribution in [3.05, 3.63) is 12.5 Å². The minimum Gasteiger partial charge on any atom is -0.480 e. The van der Waals surface area contributed by atoms with E-state index in [0.29, 0.717) is 0 Å². The molecule has 0 heterocycles. The molecule has 3 N–H and O–H groups in total. The highest BCUT2D eigenvalue weighted by Gasteiger charge is 2.05. The molecule has 0 radical (unpaired) electrons. The minimum absolute atomic E-state index is 0.105. The third-order valence-corrected chi connectivity index (χ3v) is 1.16. The van der Waals surface area contributed by atoms with E-state index in [1.165, 1.54) is 6.92 Å². The molecule has 0 aromatic rings. The van der Waals surface area contributed by atoms with E-state index in [1.807, 2.05) is 0 Å². The van der Waals surface area contributed by atoms with Gasteiger partial charge in [-0.15, -0.1) is 0 Å². The molecule has 0 spiro atoms. The number of amides is 1. The van der Waals surface area contributed by atoms with Crippen molar-refractivity contribution < 1.29 is 19.4 Å². The summed E-state index contributed by atoms with van der Waals surface area (Å²) in [5.41, 5.74) is 0. The summed E-state index contributed by atoms with van der Waals surface area (Å²) in [6, 6.07) is 0. The molecule has 80 valence electrons. The molecule has 0 saturated heterocycles. The summed E-state index contributed by atoms with van der Waals surface area (Å²) in [6.45, 7) is 6.11. The molecular formula is C8H14N2O4. The van der Waals surface area contributed by atoms with E-state index in [-0.39, 0.29) is 18.3 Å². The zero-order valence-electron chi connectivity index (χ0n) is 8.16. The Bertz CT molecular complexity index is 239. The average Bonchev–Trinajstić information content (AvgIpc) is 1.98. The quantitative estimate of drug-likeness (QED) is 0.404. The smallest absolute Gasteiger partial charge is 0.322 e. The third kappa shape index (κ3) is 6.96. The number of ether oxygens (including phenoxy) is 1. The molecule has 1 unspecified atom stereocenters. The topological polar surface area (TPSA) is 87.7 Å². The van der Waals surface area contributed by atoms with E-state index in [4.69, 9.17) is 9.84 Å². The van der Waals surface area contributed by atoms with Gasteiger partial charge in [0.05, 0.1) is 0 Å². The molecule has 6 nitrogen and oxygen atoms in total. The van der Waals surface area contributed by atoms with Gasteiger partial charge in [-0.2, -0.15) is 0 Å². The van der Waals surface area contributed by atoms with Gasteiger partial charge in [-0.1, -0.05) is 0 Å². The number of carbonyl (C=O) groups excluding carboxylic acids is 1. The number of carbonyl (C=O) groups is 2. The Hall–Kier alpha value is -1.72. The normalized spacial score (nSPS) is 11.3. The predicted molar refractivity (Wildman–Crippen MR) is 49.1 cm³/mol. The van der Waals surface area contributed by atoms with E-state index in [1.54, 1.807) is 6.92 Å². The van der Waals surface area contributed by atoms with Gasteiger partial charge < -0.3 is 20.5 Å². The summed E-state index contributed by atoms with van der Waals surface area (Å²) in [4.78, 5) is 20.7. The summed E-state index contributed by atoms with van der Waals surface area (Å²) in [5, 5.41) is 13.2. The molecule has 1 amide bonds. The lowest BCUT2D eigenvalue weighted by Gasteiger charge is -2.16. The van der Waals surface area contributed by atoms with Gasteiger partial charge in [-0.05, 0) is 13.5 Å². The van der Waals surface area contributed by atoms with Crippen LogP contribution in [0.25, 0.3) is 0 Å². The third-order valence-electron chi connectivity index (χ3n) is 1.16. The van der Waals surface area contributed by atoms with Crippen LogP contribution in [0.5, 0.6) is 0 Å². The summed E-state index contributed by atoms with van der Waals surface area (Å²) >= 11 is 0. The summed E-state index contributed by atoms with van der Waals surface area (Å²) in [7, 11) is 0. The van der Waals surface area contributed by atoms with Crippen LogP contribution in [0.2, 0.25) is 0 Å². The molecular weight excluding hydrogens is 188 g/mol. The number of carboxylic acid groups (broad SMARTS) is 1. The summed E-state index contributed by atoms with van der Waals surface area (Å²) in [6.07, 6.45) is -0.540. The van der Waals surface area contributed by atoms with E-state index in [0.717, 1.165) is 0 Å². The van der Waals surface area contributed by atoms with Crippen LogP contribution in [0.4, 0.5) is 0 Å². The van der Waals surface area contributed by atoms with Crippen molar-refractivity contribution >= 4 is 11.9 Å². The van der Waals surface area contributed by atoms with E-state index >= 15 is 0 Å². The first-order valence-electron chi connectivity index (χ1n) is 4.00. The number of nitrogens with one attached hydrogen (secondary N) is 2. The van der Waals surface area contributed by atoms with Crippen molar-refractivity contribution in [2.45, 2.75) is 20.1 Å². The Morgan fingerprint density at radius 1 is 1.57 bits per heavy atom. The molecule has 0 aliphatic heterocycles. The number of aliphatic carboxylic acids is 1. The number of hydrogen-bond acceptors (Lipinski definition) is 4. The molecule has 0 saturated carbocycles. The highest BCUT2D eigenvalue weighted by molar-refractivity contribution is 5.72. The van der Waals surface area contributed by atoms with Crippen molar-refractivity contribution in [2.24, 2.45) is 0 Å². The van der Waals surface area contributed by atoms with E-state index < -0.39 is 12.2 Å². The lowest BCUT2D eigenvalue weighted by atomic mass is 10.6. The van der Waals surface area contributed by atoms with Crippen LogP contribution in [0.15, 0.2) is 12.5 Å². The fourth-order valence-electron chi connectivity index (χ4n) is 0.745. The molecule has 14 heavy (non-hydrogen) atoms.